The summed E-state index contributed by atoms with van der Waals surface area (Å²) in [5.41, 5.74) is 0. The molecule has 76 valence electrons. The summed E-state index contributed by atoms with van der Waals surface area (Å²) in [6.45, 7) is 4.21. The van der Waals surface area contributed by atoms with Gasteiger partial charge in [-0.2, -0.15) is 0 Å². The minimum atomic E-state index is 0.0723. The maximum Gasteiger partial charge on any atom is 0.153 e. The van der Waals surface area contributed by atoms with Gasteiger partial charge in [-0.25, -0.2) is 0 Å². The molecule has 2 nitrogen and oxygen atoms in total. The summed E-state index contributed by atoms with van der Waals surface area (Å²) in [6.07, 6.45) is 4.71. The number of carbonyl (C=O) groups is 1. The van der Waals surface area contributed by atoms with Crippen molar-refractivity contribution in [2.75, 3.05) is 7.05 Å². The van der Waals surface area contributed by atoms with Crippen LogP contribution < -0.4 is 5.32 Å². The van der Waals surface area contributed by atoms with Crippen LogP contribution in [0.5, 0.6) is 0 Å². The number of rotatable bonds is 4. The second kappa shape index (κ2) is 4.75. The van der Waals surface area contributed by atoms with Crippen molar-refractivity contribution in [3.05, 3.63) is 0 Å². The minimum absolute atomic E-state index is 0.0723. The van der Waals surface area contributed by atoms with Crippen molar-refractivity contribution in [3.8, 4) is 0 Å². The number of carbonyl (C=O) groups excluding carboxylic acids is 1. The van der Waals surface area contributed by atoms with Crippen LogP contribution in [0, 0.1) is 11.8 Å². The van der Waals surface area contributed by atoms with Crippen LogP contribution >= 0.6 is 0 Å². The molecular weight excluding hydrogens is 162 g/mol. The van der Waals surface area contributed by atoms with Gasteiger partial charge in [-0.15, -0.1) is 0 Å². The molecule has 1 fully saturated rings. The fourth-order valence-corrected chi connectivity index (χ4v) is 2.27. The molecule has 0 aromatic rings. The van der Waals surface area contributed by atoms with E-state index in [-0.39, 0.29) is 6.04 Å². The lowest BCUT2D eigenvalue weighted by Gasteiger charge is -2.21. The third-order valence-electron chi connectivity index (χ3n) is 3.04. The van der Waals surface area contributed by atoms with E-state index < -0.39 is 0 Å². The summed E-state index contributed by atoms with van der Waals surface area (Å²) < 4.78 is 0. The molecule has 0 aromatic carbocycles. The van der Waals surface area contributed by atoms with Crippen molar-refractivity contribution < 1.29 is 4.79 Å². The van der Waals surface area contributed by atoms with Crippen molar-refractivity contribution in [2.24, 2.45) is 11.8 Å². The first kappa shape index (κ1) is 10.7. The molecule has 1 aliphatic carbocycles. The normalized spacial score (nSPS) is 20.9. The number of hydrogen-bond acceptors (Lipinski definition) is 2. The van der Waals surface area contributed by atoms with Gasteiger partial charge in [0, 0.05) is 5.92 Å². The molecule has 1 atom stereocenters. The van der Waals surface area contributed by atoms with Crippen LogP contribution in [0.3, 0.4) is 0 Å². The van der Waals surface area contributed by atoms with Crippen molar-refractivity contribution in [3.63, 3.8) is 0 Å². The Kier molecular flexibility index (Phi) is 3.91. The SMILES string of the molecule is CNC(C(=O)C1CCCC1)C(C)C. The van der Waals surface area contributed by atoms with E-state index >= 15 is 0 Å². The van der Waals surface area contributed by atoms with E-state index in [0.29, 0.717) is 17.6 Å². The van der Waals surface area contributed by atoms with Gasteiger partial charge in [-0.3, -0.25) is 4.79 Å². The molecule has 0 radical (unpaired) electrons. The smallest absolute Gasteiger partial charge is 0.153 e. The van der Waals surface area contributed by atoms with E-state index in [9.17, 15) is 4.79 Å². The number of nitrogens with one attached hydrogen (secondary N) is 1. The fraction of sp³-hybridized carbons (Fsp3) is 0.909. The van der Waals surface area contributed by atoms with Crippen LogP contribution in [-0.4, -0.2) is 18.9 Å². The Hall–Kier alpha value is -0.370. The molecule has 0 heterocycles. The molecule has 0 aromatic heterocycles. The second-order valence-corrected chi connectivity index (χ2v) is 4.39. The highest BCUT2D eigenvalue weighted by molar-refractivity contribution is 5.86. The molecule has 0 aliphatic heterocycles. The Labute approximate surface area is 81.1 Å². The summed E-state index contributed by atoms with van der Waals surface area (Å²) >= 11 is 0. The summed E-state index contributed by atoms with van der Waals surface area (Å²) in [5.74, 6) is 1.20. The van der Waals surface area contributed by atoms with E-state index in [2.05, 4.69) is 19.2 Å². The lowest BCUT2D eigenvalue weighted by Crippen LogP contribution is -2.41. The van der Waals surface area contributed by atoms with Crippen molar-refractivity contribution >= 4 is 5.78 Å². The molecule has 1 unspecified atom stereocenters. The van der Waals surface area contributed by atoms with Crippen LogP contribution in [-0.2, 0) is 4.79 Å². The number of likely N-dealkylation sites (N-methyl/N-ethyl adjacent to an activating group) is 1. The van der Waals surface area contributed by atoms with E-state index in [1.807, 2.05) is 7.05 Å². The Morgan fingerprint density at radius 1 is 1.31 bits per heavy atom. The van der Waals surface area contributed by atoms with Gasteiger partial charge in [0.2, 0.25) is 0 Å². The number of hydrogen-bond donors (Lipinski definition) is 1. The van der Waals surface area contributed by atoms with Gasteiger partial charge in [-0.1, -0.05) is 26.7 Å². The number of Topliss-reactive ketones (excluding diaryl/α,β-unsaturated/α-hetero) is 1. The summed E-state index contributed by atoms with van der Waals surface area (Å²) in [7, 11) is 1.89. The highest BCUT2D eigenvalue weighted by Gasteiger charge is 2.29. The molecule has 1 N–H and O–H groups in total. The third kappa shape index (κ3) is 2.53. The lowest BCUT2D eigenvalue weighted by atomic mass is 9.90. The van der Waals surface area contributed by atoms with Gasteiger partial charge >= 0.3 is 0 Å². The van der Waals surface area contributed by atoms with Crippen molar-refractivity contribution in [1.29, 1.82) is 0 Å². The maximum absolute atomic E-state index is 12.0. The predicted octanol–water partition coefficient (Wildman–Crippen LogP) is 1.99. The molecule has 0 spiro atoms. The average Bonchev–Trinajstić information content (AvgIpc) is 2.56. The summed E-state index contributed by atoms with van der Waals surface area (Å²) in [4.78, 5) is 12.0. The van der Waals surface area contributed by atoms with Gasteiger partial charge in [0.25, 0.3) is 0 Å². The largest absolute Gasteiger partial charge is 0.310 e. The molecule has 1 saturated carbocycles. The molecule has 0 saturated heterocycles. The van der Waals surface area contributed by atoms with Gasteiger partial charge in [0.15, 0.2) is 5.78 Å². The summed E-state index contributed by atoms with van der Waals surface area (Å²) in [6, 6.07) is 0.0723. The van der Waals surface area contributed by atoms with E-state index in [0.717, 1.165) is 12.8 Å². The minimum Gasteiger partial charge on any atom is -0.310 e. The molecule has 0 amide bonds. The van der Waals surface area contributed by atoms with Gasteiger partial charge in [-0.05, 0) is 25.8 Å². The van der Waals surface area contributed by atoms with E-state index in [1.165, 1.54) is 12.8 Å². The van der Waals surface area contributed by atoms with Crippen molar-refractivity contribution in [1.82, 2.24) is 5.32 Å². The zero-order valence-corrected chi connectivity index (χ0v) is 8.97. The third-order valence-corrected chi connectivity index (χ3v) is 3.04. The molecule has 1 rings (SSSR count). The van der Waals surface area contributed by atoms with Crippen LogP contribution in [0.2, 0.25) is 0 Å². The highest BCUT2D eigenvalue weighted by atomic mass is 16.1. The van der Waals surface area contributed by atoms with Crippen LogP contribution in [0.1, 0.15) is 39.5 Å². The molecular formula is C11H21NO. The van der Waals surface area contributed by atoms with Gasteiger partial charge in [0.05, 0.1) is 6.04 Å². The standard InChI is InChI=1S/C11H21NO/c1-8(2)10(12-3)11(13)9-6-4-5-7-9/h8-10,12H,4-7H2,1-3H3. The summed E-state index contributed by atoms with van der Waals surface area (Å²) in [5, 5.41) is 3.13. The highest BCUT2D eigenvalue weighted by Crippen LogP contribution is 2.27. The molecule has 13 heavy (non-hydrogen) atoms. The van der Waals surface area contributed by atoms with E-state index in [4.69, 9.17) is 0 Å². The van der Waals surface area contributed by atoms with Crippen LogP contribution in [0.4, 0.5) is 0 Å². The Balaban J connectivity index is 2.52. The second-order valence-electron chi connectivity index (χ2n) is 4.39. The van der Waals surface area contributed by atoms with Crippen LogP contribution in [0.15, 0.2) is 0 Å². The van der Waals surface area contributed by atoms with Gasteiger partial charge < -0.3 is 5.32 Å². The first-order valence-corrected chi connectivity index (χ1v) is 5.37. The number of ketones is 1. The Morgan fingerprint density at radius 3 is 2.23 bits per heavy atom. The monoisotopic (exact) mass is 183 g/mol. The van der Waals surface area contributed by atoms with Crippen molar-refractivity contribution in [2.45, 2.75) is 45.6 Å². The average molecular weight is 183 g/mol. The topological polar surface area (TPSA) is 29.1 Å². The molecule has 2 heteroatoms. The van der Waals surface area contributed by atoms with Crippen LogP contribution in [0.25, 0.3) is 0 Å². The first-order valence-electron chi connectivity index (χ1n) is 5.37. The quantitative estimate of drug-likeness (QED) is 0.722. The first-order chi connectivity index (χ1) is 6.16. The zero-order valence-electron chi connectivity index (χ0n) is 8.97. The lowest BCUT2D eigenvalue weighted by molar-refractivity contribution is -0.125. The Morgan fingerprint density at radius 2 is 1.85 bits per heavy atom. The molecule has 0 bridgehead atoms. The molecule has 1 aliphatic rings. The fourth-order valence-electron chi connectivity index (χ4n) is 2.27. The Bertz CT molecular complexity index is 171. The predicted molar refractivity (Wildman–Crippen MR) is 54.7 cm³/mol. The zero-order chi connectivity index (χ0) is 9.84. The maximum atomic E-state index is 12.0. The van der Waals surface area contributed by atoms with E-state index in [1.54, 1.807) is 0 Å². The van der Waals surface area contributed by atoms with Gasteiger partial charge in [0.1, 0.15) is 0 Å².